The summed E-state index contributed by atoms with van der Waals surface area (Å²) in [6.45, 7) is 9.03. The summed E-state index contributed by atoms with van der Waals surface area (Å²) in [4.78, 5) is 2.45. The van der Waals surface area contributed by atoms with Crippen molar-refractivity contribution in [2.24, 2.45) is 5.41 Å². The van der Waals surface area contributed by atoms with E-state index in [1.165, 1.54) is 31.2 Å². The second-order valence-corrected chi connectivity index (χ2v) is 7.30. The summed E-state index contributed by atoms with van der Waals surface area (Å²) in [7, 11) is 2.20. The first-order valence-corrected chi connectivity index (χ1v) is 7.81. The number of aryl methyl sites for hydroxylation is 1. The summed E-state index contributed by atoms with van der Waals surface area (Å²) in [6.07, 6.45) is 5.13. The van der Waals surface area contributed by atoms with Crippen LogP contribution in [0.5, 0.6) is 5.75 Å². The zero-order valence-corrected chi connectivity index (χ0v) is 13.6. The monoisotopic (exact) mass is 275 g/mol. The van der Waals surface area contributed by atoms with E-state index >= 15 is 0 Å². The van der Waals surface area contributed by atoms with Crippen molar-refractivity contribution in [3.8, 4) is 5.75 Å². The Morgan fingerprint density at radius 2 is 1.85 bits per heavy atom. The summed E-state index contributed by atoms with van der Waals surface area (Å²) in [6, 6.07) is 6.80. The Labute approximate surface area is 123 Å². The second kappa shape index (κ2) is 5.77. The summed E-state index contributed by atoms with van der Waals surface area (Å²) in [5, 5.41) is 10.1. The Kier molecular flexibility index (Phi) is 4.43. The predicted molar refractivity (Wildman–Crippen MR) is 85.1 cm³/mol. The SMILES string of the molecule is Cc1ccc(O)c(C(C)N(C)C2CCC(C)(C)CC2)c1. The van der Waals surface area contributed by atoms with E-state index in [-0.39, 0.29) is 6.04 Å². The van der Waals surface area contributed by atoms with Crippen LogP contribution in [0.3, 0.4) is 0 Å². The van der Waals surface area contributed by atoms with Crippen molar-refractivity contribution in [1.82, 2.24) is 4.90 Å². The Balaban J connectivity index is 2.09. The fourth-order valence-corrected chi connectivity index (χ4v) is 3.34. The molecule has 112 valence electrons. The quantitative estimate of drug-likeness (QED) is 0.867. The standard InChI is InChI=1S/C18H29NO/c1-13-6-7-17(20)16(12-13)14(2)19(5)15-8-10-18(3,4)11-9-15/h6-7,12,14-15,20H,8-11H2,1-5H3. The summed E-state index contributed by atoms with van der Waals surface area (Å²) in [5.41, 5.74) is 2.77. The molecular formula is C18H29NO. The summed E-state index contributed by atoms with van der Waals surface area (Å²) < 4.78 is 0. The molecule has 2 rings (SSSR count). The first-order chi connectivity index (χ1) is 9.30. The molecule has 0 aliphatic heterocycles. The lowest BCUT2D eigenvalue weighted by atomic mass is 9.75. The number of phenolic OH excluding ortho intramolecular Hbond substituents is 1. The normalized spacial score (nSPS) is 21.1. The van der Waals surface area contributed by atoms with Crippen LogP contribution >= 0.6 is 0 Å². The highest BCUT2D eigenvalue weighted by atomic mass is 16.3. The van der Waals surface area contributed by atoms with Gasteiger partial charge in [0.1, 0.15) is 5.75 Å². The highest BCUT2D eigenvalue weighted by molar-refractivity contribution is 5.37. The molecule has 1 N–H and O–H groups in total. The number of benzene rings is 1. The van der Waals surface area contributed by atoms with Gasteiger partial charge in [-0.2, -0.15) is 0 Å². The highest BCUT2D eigenvalue weighted by Crippen LogP contribution is 2.39. The van der Waals surface area contributed by atoms with Crippen LogP contribution in [0, 0.1) is 12.3 Å². The van der Waals surface area contributed by atoms with Crippen molar-refractivity contribution >= 4 is 0 Å². The second-order valence-electron chi connectivity index (χ2n) is 7.30. The van der Waals surface area contributed by atoms with Gasteiger partial charge >= 0.3 is 0 Å². The number of phenols is 1. The largest absolute Gasteiger partial charge is 0.508 e. The third-order valence-corrected chi connectivity index (χ3v) is 5.13. The Bertz CT molecular complexity index is 456. The number of hydrogen-bond donors (Lipinski definition) is 1. The molecule has 1 aliphatic rings. The number of aromatic hydroxyl groups is 1. The average Bonchev–Trinajstić information content (AvgIpc) is 2.40. The van der Waals surface area contributed by atoms with Gasteiger partial charge in [-0.15, -0.1) is 0 Å². The van der Waals surface area contributed by atoms with E-state index < -0.39 is 0 Å². The molecular weight excluding hydrogens is 246 g/mol. The average molecular weight is 275 g/mol. The number of rotatable bonds is 3. The van der Waals surface area contributed by atoms with Gasteiger partial charge in [-0.25, -0.2) is 0 Å². The lowest BCUT2D eigenvalue weighted by Crippen LogP contribution is -2.38. The molecule has 0 bridgehead atoms. The highest BCUT2D eigenvalue weighted by Gasteiger charge is 2.31. The van der Waals surface area contributed by atoms with Crippen LogP contribution in [-0.2, 0) is 0 Å². The van der Waals surface area contributed by atoms with Gasteiger partial charge in [0.2, 0.25) is 0 Å². The predicted octanol–water partition coefficient (Wildman–Crippen LogP) is 4.66. The lowest BCUT2D eigenvalue weighted by molar-refractivity contribution is 0.0993. The number of hydrogen-bond acceptors (Lipinski definition) is 2. The molecule has 1 atom stereocenters. The van der Waals surface area contributed by atoms with Gasteiger partial charge in [-0.05, 0) is 58.1 Å². The smallest absolute Gasteiger partial charge is 0.120 e. The molecule has 2 nitrogen and oxygen atoms in total. The minimum Gasteiger partial charge on any atom is -0.508 e. The molecule has 1 aromatic carbocycles. The van der Waals surface area contributed by atoms with E-state index in [4.69, 9.17) is 0 Å². The minimum absolute atomic E-state index is 0.265. The Hall–Kier alpha value is -1.02. The molecule has 20 heavy (non-hydrogen) atoms. The van der Waals surface area contributed by atoms with E-state index in [0.29, 0.717) is 17.2 Å². The molecule has 0 radical (unpaired) electrons. The molecule has 0 aromatic heterocycles. The van der Waals surface area contributed by atoms with Gasteiger partial charge in [0.15, 0.2) is 0 Å². The van der Waals surface area contributed by atoms with Gasteiger partial charge in [0.25, 0.3) is 0 Å². The van der Waals surface area contributed by atoms with Crippen LogP contribution in [0.1, 0.15) is 63.6 Å². The third kappa shape index (κ3) is 3.35. The van der Waals surface area contributed by atoms with E-state index in [0.717, 1.165) is 5.56 Å². The maximum Gasteiger partial charge on any atom is 0.120 e. The molecule has 0 spiro atoms. The van der Waals surface area contributed by atoms with Crippen LogP contribution in [-0.4, -0.2) is 23.1 Å². The number of nitrogens with zero attached hydrogens (tertiary/aromatic N) is 1. The molecule has 1 aromatic rings. The fraction of sp³-hybridized carbons (Fsp3) is 0.667. The van der Waals surface area contributed by atoms with Crippen molar-refractivity contribution in [2.75, 3.05) is 7.05 Å². The topological polar surface area (TPSA) is 23.5 Å². The van der Waals surface area contributed by atoms with Crippen molar-refractivity contribution in [2.45, 2.75) is 65.5 Å². The lowest BCUT2D eigenvalue weighted by Gasteiger charge is -2.41. The van der Waals surface area contributed by atoms with Gasteiger partial charge in [0, 0.05) is 17.6 Å². The van der Waals surface area contributed by atoms with E-state index in [1.807, 2.05) is 12.1 Å². The maximum atomic E-state index is 10.1. The molecule has 1 saturated carbocycles. The minimum atomic E-state index is 0.265. The van der Waals surface area contributed by atoms with Crippen LogP contribution in [0.2, 0.25) is 0 Å². The Morgan fingerprint density at radius 1 is 1.25 bits per heavy atom. The van der Waals surface area contributed by atoms with Crippen LogP contribution in [0.15, 0.2) is 18.2 Å². The van der Waals surface area contributed by atoms with Crippen molar-refractivity contribution in [3.05, 3.63) is 29.3 Å². The van der Waals surface area contributed by atoms with Crippen molar-refractivity contribution < 1.29 is 5.11 Å². The molecule has 1 unspecified atom stereocenters. The van der Waals surface area contributed by atoms with Crippen LogP contribution in [0.4, 0.5) is 0 Å². The molecule has 2 heteroatoms. The zero-order chi connectivity index (χ0) is 14.9. The van der Waals surface area contributed by atoms with Crippen LogP contribution < -0.4 is 0 Å². The first kappa shape index (κ1) is 15.4. The van der Waals surface area contributed by atoms with Crippen molar-refractivity contribution in [1.29, 1.82) is 0 Å². The zero-order valence-electron chi connectivity index (χ0n) is 13.6. The summed E-state index contributed by atoms with van der Waals surface area (Å²) in [5.74, 6) is 0.422. The third-order valence-electron chi connectivity index (χ3n) is 5.13. The fourth-order valence-electron chi connectivity index (χ4n) is 3.34. The van der Waals surface area contributed by atoms with E-state index in [1.54, 1.807) is 0 Å². The van der Waals surface area contributed by atoms with E-state index in [9.17, 15) is 5.11 Å². The van der Waals surface area contributed by atoms with Crippen LogP contribution in [0.25, 0.3) is 0 Å². The van der Waals surface area contributed by atoms with Gasteiger partial charge in [0.05, 0.1) is 0 Å². The molecule has 0 amide bonds. The van der Waals surface area contributed by atoms with E-state index in [2.05, 4.69) is 45.7 Å². The van der Waals surface area contributed by atoms with Gasteiger partial charge < -0.3 is 5.11 Å². The molecule has 1 aliphatic carbocycles. The molecule has 0 saturated heterocycles. The van der Waals surface area contributed by atoms with Gasteiger partial charge in [-0.3, -0.25) is 4.90 Å². The Morgan fingerprint density at radius 3 is 2.45 bits per heavy atom. The molecule has 1 fully saturated rings. The summed E-state index contributed by atoms with van der Waals surface area (Å²) >= 11 is 0. The molecule has 0 heterocycles. The maximum absolute atomic E-state index is 10.1. The van der Waals surface area contributed by atoms with Crippen molar-refractivity contribution in [3.63, 3.8) is 0 Å². The first-order valence-electron chi connectivity index (χ1n) is 7.81. The van der Waals surface area contributed by atoms with Gasteiger partial charge in [-0.1, -0.05) is 31.5 Å².